The lowest BCUT2D eigenvalue weighted by Gasteiger charge is -2.16. The Balaban J connectivity index is 1.83. The number of aliphatic hydroxyl groups excluding tert-OH is 1. The molecule has 10 heteroatoms. The standard InChI is InChI=1S/C21H29N5O5/c1-13(2)9-10-22-20-23-18-17(19(28)24-21(29)25(18)3)26(20)11-14(27)12-31-16-7-5-15(30-4)6-8-16/h5-8,13-14,27H,9-12H2,1-4H3,(H,22,23)(H,24,28,29). The lowest BCUT2D eigenvalue weighted by molar-refractivity contribution is 0.0938. The highest BCUT2D eigenvalue weighted by Gasteiger charge is 2.20. The third-order valence-corrected chi connectivity index (χ3v) is 4.91. The zero-order chi connectivity index (χ0) is 22.5. The Bertz CT molecular complexity index is 1130. The van der Waals surface area contributed by atoms with E-state index in [0.717, 1.165) is 6.42 Å². The summed E-state index contributed by atoms with van der Waals surface area (Å²) in [5, 5.41) is 13.8. The lowest BCUT2D eigenvalue weighted by atomic mass is 10.1. The number of rotatable bonds is 10. The van der Waals surface area contributed by atoms with Crippen molar-refractivity contribution in [2.45, 2.75) is 32.9 Å². The average Bonchev–Trinajstić information content (AvgIpc) is 3.09. The van der Waals surface area contributed by atoms with E-state index < -0.39 is 17.4 Å². The van der Waals surface area contributed by atoms with E-state index in [1.165, 1.54) is 4.57 Å². The molecule has 1 aromatic carbocycles. The van der Waals surface area contributed by atoms with Crippen LogP contribution in [0.25, 0.3) is 11.2 Å². The number of H-pyrrole nitrogens is 1. The minimum Gasteiger partial charge on any atom is -0.497 e. The van der Waals surface area contributed by atoms with Crippen molar-refractivity contribution in [1.82, 2.24) is 19.1 Å². The smallest absolute Gasteiger partial charge is 0.329 e. The summed E-state index contributed by atoms with van der Waals surface area (Å²) < 4.78 is 13.6. The highest BCUT2D eigenvalue weighted by atomic mass is 16.5. The van der Waals surface area contributed by atoms with Crippen LogP contribution < -0.4 is 26.0 Å². The molecular formula is C21H29N5O5. The first kappa shape index (κ1) is 22.4. The average molecular weight is 431 g/mol. The third-order valence-electron chi connectivity index (χ3n) is 4.91. The van der Waals surface area contributed by atoms with Crippen molar-refractivity contribution in [2.75, 3.05) is 25.6 Å². The number of imidazole rings is 1. The SMILES string of the molecule is COc1ccc(OCC(O)Cn2c(NCCC(C)C)nc3c2c(=O)[nH]c(=O)n3C)cc1. The molecule has 3 rings (SSSR count). The van der Waals surface area contributed by atoms with Crippen molar-refractivity contribution in [2.24, 2.45) is 13.0 Å². The molecule has 2 aromatic heterocycles. The molecule has 0 saturated carbocycles. The van der Waals surface area contributed by atoms with Crippen LogP contribution in [0.4, 0.5) is 5.95 Å². The van der Waals surface area contributed by atoms with Crippen molar-refractivity contribution in [1.29, 1.82) is 0 Å². The number of ether oxygens (including phenoxy) is 2. The van der Waals surface area contributed by atoms with Gasteiger partial charge < -0.3 is 24.5 Å². The zero-order valence-corrected chi connectivity index (χ0v) is 18.2. The van der Waals surface area contributed by atoms with Crippen LogP contribution in [0.2, 0.25) is 0 Å². The van der Waals surface area contributed by atoms with E-state index in [1.807, 2.05) is 0 Å². The highest BCUT2D eigenvalue weighted by molar-refractivity contribution is 5.74. The van der Waals surface area contributed by atoms with Gasteiger partial charge in [0.1, 0.15) is 24.2 Å². The van der Waals surface area contributed by atoms with Crippen LogP contribution in [0.3, 0.4) is 0 Å². The maximum absolute atomic E-state index is 12.5. The molecular weight excluding hydrogens is 402 g/mol. The van der Waals surface area contributed by atoms with E-state index in [2.05, 4.69) is 29.1 Å². The fourth-order valence-electron chi connectivity index (χ4n) is 3.15. The van der Waals surface area contributed by atoms with Crippen LogP contribution in [0.5, 0.6) is 11.5 Å². The molecule has 0 spiro atoms. The van der Waals surface area contributed by atoms with E-state index in [-0.39, 0.29) is 24.3 Å². The second-order valence-corrected chi connectivity index (χ2v) is 7.79. The predicted molar refractivity (Wildman–Crippen MR) is 118 cm³/mol. The Hall–Kier alpha value is -3.27. The number of hydrogen-bond donors (Lipinski definition) is 3. The van der Waals surface area contributed by atoms with Gasteiger partial charge in [-0.1, -0.05) is 13.8 Å². The van der Waals surface area contributed by atoms with Crippen LogP contribution in [0, 0.1) is 5.92 Å². The number of methoxy groups -OCH3 is 1. The van der Waals surface area contributed by atoms with Gasteiger partial charge in [-0.15, -0.1) is 0 Å². The number of aromatic nitrogens is 4. The van der Waals surface area contributed by atoms with Crippen LogP contribution in [-0.2, 0) is 13.6 Å². The molecule has 3 aromatic rings. The monoisotopic (exact) mass is 431 g/mol. The number of aryl methyl sites for hydroxylation is 1. The molecule has 0 radical (unpaired) electrons. The first-order valence-electron chi connectivity index (χ1n) is 10.2. The zero-order valence-electron chi connectivity index (χ0n) is 18.2. The number of nitrogens with one attached hydrogen (secondary N) is 2. The molecule has 31 heavy (non-hydrogen) atoms. The summed E-state index contributed by atoms with van der Waals surface area (Å²) in [6.45, 7) is 4.95. The molecule has 0 bridgehead atoms. The summed E-state index contributed by atoms with van der Waals surface area (Å²) in [6.07, 6.45) is -0.0106. The fraction of sp³-hybridized carbons (Fsp3) is 0.476. The third kappa shape index (κ3) is 5.26. The van der Waals surface area contributed by atoms with Crippen molar-refractivity contribution in [3.8, 4) is 11.5 Å². The molecule has 3 N–H and O–H groups in total. The van der Waals surface area contributed by atoms with Crippen molar-refractivity contribution >= 4 is 17.1 Å². The van der Waals surface area contributed by atoms with Crippen molar-refractivity contribution in [3.05, 3.63) is 45.1 Å². The summed E-state index contributed by atoms with van der Waals surface area (Å²) in [7, 11) is 3.12. The molecule has 0 saturated heterocycles. The molecule has 1 unspecified atom stereocenters. The number of aliphatic hydroxyl groups is 1. The first-order valence-corrected chi connectivity index (χ1v) is 10.2. The summed E-state index contributed by atoms with van der Waals surface area (Å²) in [5.41, 5.74) is -0.619. The van der Waals surface area contributed by atoms with E-state index in [0.29, 0.717) is 29.9 Å². The summed E-state index contributed by atoms with van der Waals surface area (Å²) in [5.74, 6) is 2.21. The van der Waals surface area contributed by atoms with Gasteiger partial charge in [0, 0.05) is 13.6 Å². The van der Waals surface area contributed by atoms with Gasteiger partial charge >= 0.3 is 5.69 Å². The Morgan fingerprint density at radius 3 is 2.52 bits per heavy atom. The van der Waals surface area contributed by atoms with Crippen LogP contribution in [0.15, 0.2) is 33.9 Å². The number of hydrogen-bond acceptors (Lipinski definition) is 7. The van der Waals surface area contributed by atoms with E-state index in [4.69, 9.17) is 9.47 Å². The number of anilines is 1. The Morgan fingerprint density at radius 1 is 1.19 bits per heavy atom. The van der Waals surface area contributed by atoms with Gasteiger partial charge in [-0.2, -0.15) is 4.98 Å². The number of benzene rings is 1. The minimum atomic E-state index is -0.915. The van der Waals surface area contributed by atoms with Crippen molar-refractivity contribution < 1.29 is 14.6 Å². The molecule has 0 aliphatic heterocycles. The van der Waals surface area contributed by atoms with E-state index >= 15 is 0 Å². The Morgan fingerprint density at radius 2 is 1.87 bits per heavy atom. The quantitative estimate of drug-likeness (QED) is 0.442. The van der Waals surface area contributed by atoms with Gasteiger partial charge in [0.25, 0.3) is 5.56 Å². The lowest BCUT2D eigenvalue weighted by Crippen LogP contribution is -2.31. The van der Waals surface area contributed by atoms with Gasteiger partial charge in [0.05, 0.1) is 13.7 Å². The topological polar surface area (TPSA) is 123 Å². The van der Waals surface area contributed by atoms with E-state index in [1.54, 1.807) is 43.0 Å². The van der Waals surface area contributed by atoms with Crippen LogP contribution in [0.1, 0.15) is 20.3 Å². The van der Waals surface area contributed by atoms with Crippen LogP contribution in [-0.4, -0.2) is 50.6 Å². The van der Waals surface area contributed by atoms with Gasteiger partial charge in [0.15, 0.2) is 11.2 Å². The molecule has 0 amide bonds. The summed E-state index contributed by atoms with van der Waals surface area (Å²) in [4.78, 5) is 31.2. The molecule has 2 heterocycles. The maximum atomic E-state index is 12.5. The fourth-order valence-corrected chi connectivity index (χ4v) is 3.15. The summed E-state index contributed by atoms with van der Waals surface area (Å²) in [6, 6.07) is 7.03. The number of nitrogens with zero attached hydrogens (tertiary/aromatic N) is 3. The second-order valence-electron chi connectivity index (χ2n) is 7.79. The van der Waals surface area contributed by atoms with Gasteiger partial charge in [-0.25, -0.2) is 4.79 Å². The van der Waals surface area contributed by atoms with Gasteiger partial charge in [0.2, 0.25) is 5.95 Å². The normalized spacial score (nSPS) is 12.3. The number of aromatic amines is 1. The molecule has 168 valence electrons. The molecule has 0 aliphatic carbocycles. The Labute approximate surface area is 179 Å². The summed E-state index contributed by atoms with van der Waals surface area (Å²) >= 11 is 0. The maximum Gasteiger partial charge on any atom is 0.329 e. The molecule has 0 fully saturated rings. The largest absolute Gasteiger partial charge is 0.497 e. The van der Waals surface area contributed by atoms with Crippen molar-refractivity contribution in [3.63, 3.8) is 0 Å². The van der Waals surface area contributed by atoms with E-state index in [9.17, 15) is 14.7 Å². The number of fused-ring (bicyclic) bond motifs is 1. The van der Waals surface area contributed by atoms with Crippen LogP contribution >= 0.6 is 0 Å². The predicted octanol–water partition coefficient (Wildman–Crippen LogP) is 1.33. The molecule has 0 aliphatic rings. The minimum absolute atomic E-state index is 0.0150. The molecule has 10 nitrogen and oxygen atoms in total. The van der Waals surface area contributed by atoms with Gasteiger partial charge in [-0.3, -0.25) is 14.3 Å². The highest BCUT2D eigenvalue weighted by Crippen LogP contribution is 2.19. The second kappa shape index (κ2) is 9.69. The Kier molecular flexibility index (Phi) is 7.01. The molecule has 1 atom stereocenters. The van der Waals surface area contributed by atoms with Gasteiger partial charge in [-0.05, 0) is 36.6 Å². The first-order chi connectivity index (χ1) is 14.8.